The molecule has 0 heterocycles. The Labute approximate surface area is 141 Å². The molecule has 0 aliphatic heterocycles. The molecule has 2 aromatic carbocycles. The van der Waals surface area contributed by atoms with Crippen LogP contribution in [0.25, 0.3) is 0 Å². The van der Waals surface area contributed by atoms with E-state index >= 15 is 0 Å². The van der Waals surface area contributed by atoms with Gasteiger partial charge in [-0.3, -0.25) is 10.1 Å². The number of rotatable bonds is 2. The fourth-order valence-electron chi connectivity index (χ4n) is 1.66. The van der Waals surface area contributed by atoms with Crippen molar-refractivity contribution in [1.82, 2.24) is 5.32 Å². The smallest absolute Gasteiger partial charge is 0.257 e. The van der Waals surface area contributed by atoms with Gasteiger partial charge in [0.1, 0.15) is 5.75 Å². The Morgan fingerprint density at radius 2 is 2.00 bits per heavy atom. The number of phenolic OH excluding ortho intramolecular Hbond substituents is 1. The molecule has 0 aliphatic rings. The first-order valence-corrected chi connectivity index (χ1v) is 7.62. The Morgan fingerprint density at radius 3 is 2.67 bits per heavy atom. The molecule has 0 atom stereocenters. The van der Waals surface area contributed by atoms with Crippen molar-refractivity contribution < 1.29 is 9.90 Å². The van der Waals surface area contributed by atoms with Crippen molar-refractivity contribution in [3.63, 3.8) is 0 Å². The standard InChI is InChI=1S/C15H13IN2O2S/c1-9-5-6-10(7-13(9)16)14(20)18-15(21)17-11-3-2-4-12(19)8-11/h2-8,19H,1H3,(H2,17,18,20,21). The number of hydrogen-bond donors (Lipinski definition) is 3. The molecule has 0 saturated carbocycles. The van der Waals surface area contributed by atoms with Crippen LogP contribution in [0.3, 0.4) is 0 Å². The first-order valence-electron chi connectivity index (χ1n) is 6.13. The van der Waals surface area contributed by atoms with Gasteiger partial charge in [0.05, 0.1) is 0 Å². The number of aromatic hydroxyl groups is 1. The number of aryl methyl sites for hydroxylation is 1. The Bertz CT molecular complexity index is 704. The highest BCUT2D eigenvalue weighted by molar-refractivity contribution is 14.1. The van der Waals surface area contributed by atoms with Crippen molar-refractivity contribution in [1.29, 1.82) is 0 Å². The SMILES string of the molecule is Cc1ccc(C(=O)NC(=S)Nc2cccc(O)c2)cc1I. The third kappa shape index (κ3) is 4.40. The van der Waals surface area contributed by atoms with Gasteiger partial charge in [-0.1, -0.05) is 12.1 Å². The maximum atomic E-state index is 12.1. The lowest BCUT2D eigenvalue weighted by molar-refractivity contribution is 0.0977. The summed E-state index contributed by atoms with van der Waals surface area (Å²) in [5, 5.41) is 15.0. The lowest BCUT2D eigenvalue weighted by Crippen LogP contribution is -2.34. The third-order valence-corrected chi connectivity index (χ3v) is 4.13. The van der Waals surface area contributed by atoms with Gasteiger partial charge in [0.15, 0.2) is 5.11 Å². The van der Waals surface area contributed by atoms with Gasteiger partial charge in [0.25, 0.3) is 5.91 Å². The molecule has 0 fully saturated rings. The van der Waals surface area contributed by atoms with Gasteiger partial charge >= 0.3 is 0 Å². The van der Waals surface area contributed by atoms with Crippen LogP contribution in [0.2, 0.25) is 0 Å². The van der Waals surface area contributed by atoms with E-state index in [1.807, 2.05) is 19.1 Å². The average molecular weight is 412 g/mol. The highest BCUT2D eigenvalue weighted by atomic mass is 127. The lowest BCUT2D eigenvalue weighted by Gasteiger charge is -2.10. The first kappa shape index (κ1) is 15.7. The second-order valence-electron chi connectivity index (χ2n) is 4.42. The second kappa shape index (κ2) is 6.86. The van der Waals surface area contributed by atoms with E-state index in [9.17, 15) is 9.90 Å². The molecule has 0 radical (unpaired) electrons. The number of anilines is 1. The maximum absolute atomic E-state index is 12.1. The van der Waals surface area contributed by atoms with Crippen molar-refractivity contribution in [2.75, 3.05) is 5.32 Å². The monoisotopic (exact) mass is 412 g/mol. The molecule has 1 amide bonds. The minimum Gasteiger partial charge on any atom is -0.508 e. The van der Waals surface area contributed by atoms with Crippen molar-refractivity contribution in [3.8, 4) is 5.75 Å². The molecule has 0 saturated heterocycles. The number of thiocarbonyl (C=S) groups is 1. The predicted molar refractivity (Wildman–Crippen MR) is 95.7 cm³/mol. The summed E-state index contributed by atoms with van der Waals surface area (Å²) < 4.78 is 1.02. The lowest BCUT2D eigenvalue weighted by atomic mass is 10.1. The molecule has 0 spiro atoms. The molecular weight excluding hydrogens is 399 g/mol. The minimum absolute atomic E-state index is 0.127. The molecule has 0 unspecified atom stereocenters. The van der Waals surface area contributed by atoms with Crippen LogP contribution in [0, 0.1) is 10.5 Å². The Kier molecular flexibility index (Phi) is 5.13. The van der Waals surface area contributed by atoms with E-state index in [0.29, 0.717) is 11.3 Å². The number of nitrogens with one attached hydrogen (secondary N) is 2. The van der Waals surface area contributed by atoms with Crippen LogP contribution in [0.1, 0.15) is 15.9 Å². The first-order chi connectivity index (χ1) is 9.95. The zero-order valence-electron chi connectivity index (χ0n) is 11.2. The number of halogens is 1. The number of carbonyl (C=O) groups excluding carboxylic acids is 1. The summed E-state index contributed by atoms with van der Waals surface area (Å²) in [6.45, 7) is 1.98. The number of carbonyl (C=O) groups is 1. The van der Waals surface area contributed by atoms with E-state index in [1.165, 1.54) is 6.07 Å². The van der Waals surface area contributed by atoms with E-state index in [1.54, 1.807) is 24.3 Å². The van der Waals surface area contributed by atoms with Crippen LogP contribution in [0.15, 0.2) is 42.5 Å². The van der Waals surface area contributed by atoms with Gasteiger partial charge in [-0.05, 0) is 71.6 Å². The van der Waals surface area contributed by atoms with Gasteiger partial charge in [-0.25, -0.2) is 0 Å². The fraction of sp³-hybridized carbons (Fsp3) is 0.0667. The number of benzene rings is 2. The molecule has 0 bridgehead atoms. The molecule has 2 rings (SSSR count). The van der Waals surface area contributed by atoms with Gasteiger partial charge in [0, 0.05) is 20.9 Å². The van der Waals surface area contributed by atoms with E-state index in [-0.39, 0.29) is 16.8 Å². The quantitative estimate of drug-likeness (QED) is 0.523. The summed E-state index contributed by atoms with van der Waals surface area (Å²) in [6, 6.07) is 12.0. The van der Waals surface area contributed by atoms with Crippen LogP contribution < -0.4 is 10.6 Å². The Morgan fingerprint density at radius 1 is 1.24 bits per heavy atom. The van der Waals surface area contributed by atoms with Crippen LogP contribution in [-0.2, 0) is 0 Å². The average Bonchev–Trinajstić information content (AvgIpc) is 2.41. The highest BCUT2D eigenvalue weighted by Crippen LogP contribution is 2.16. The van der Waals surface area contributed by atoms with Crippen molar-refractivity contribution in [3.05, 3.63) is 57.2 Å². The topological polar surface area (TPSA) is 61.4 Å². The van der Waals surface area contributed by atoms with Gasteiger partial charge < -0.3 is 10.4 Å². The van der Waals surface area contributed by atoms with E-state index in [0.717, 1.165) is 9.13 Å². The molecule has 0 aliphatic carbocycles. The number of phenols is 1. The number of amides is 1. The predicted octanol–water partition coefficient (Wildman–Crippen LogP) is 3.43. The van der Waals surface area contributed by atoms with Crippen molar-refractivity contribution in [2.24, 2.45) is 0 Å². The van der Waals surface area contributed by atoms with Crippen LogP contribution in [-0.4, -0.2) is 16.1 Å². The molecule has 3 N–H and O–H groups in total. The summed E-state index contributed by atoms with van der Waals surface area (Å²) in [4.78, 5) is 12.1. The van der Waals surface area contributed by atoms with Crippen molar-refractivity contribution >= 4 is 51.5 Å². The molecule has 4 nitrogen and oxygen atoms in total. The van der Waals surface area contributed by atoms with E-state index < -0.39 is 0 Å². The zero-order chi connectivity index (χ0) is 15.4. The molecule has 0 aromatic heterocycles. The Balaban J connectivity index is 2.02. The van der Waals surface area contributed by atoms with Crippen LogP contribution in [0.5, 0.6) is 5.75 Å². The highest BCUT2D eigenvalue weighted by Gasteiger charge is 2.09. The zero-order valence-corrected chi connectivity index (χ0v) is 14.2. The third-order valence-electron chi connectivity index (χ3n) is 2.77. The van der Waals surface area contributed by atoms with Gasteiger partial charge in [-0.15, -0.1) is 0 Å². The molecule has 21 heavy (non-hydrogen) atoms. The summed E-state index contributed by atoms with van der Waals surface area (Å²) in [7, 11) is 0. The van der Waals surface area contributed by atoms with E-state index in [2.05, 4.69) is 33.2 Å². The summed E-state index contributed by atoms with van der Waals surface area (Å²) in [5.41, 5.74) is 2.27. The van der Waals surface area contributed by atoms with Crippen LogP contribution >= 0.6 is 34.8 Å². The van der Waals surface area contributed by atoms with E-state index in [4.69, 9.17) is 12.2 Å². The molecule has 6 heteroatoms. The summed E-state index contributed by atoms with van der Waals surface area (Å²) in [6.07, 6.45) is 0. The maximum Gasteiger partial charge on any atom is 0.257 e. The molecule has 2 aromatic rings. The number of hydrogen-bond acceptors (Lipinski definition) is 3. The van der Waals surface area contributed by atoms with Crippen molar-refractivity contribution in [2.45, 2.75) is 6.92 Å². The fourth-order valence-corrected chi connectivity index (χ4v) is 2.38. The van der Waals surface area contributed by atoms with Crippen LogP contribution in [0.4, 0.5) is 5.69 Å². The largest absolute Gasteiger partial charge is 0.508 e. The summed E-state index contributed by atoms with van der Waals surface area (Å²) in [5.74, 6) is -0.146. The minimum atomic E-state index is -0.273. The summed E-state index contributed by atoms with van der Waals surface area (Å²) >= 11 is 7.27. The van der Waals surface area contributed by atoms with Gasteiger partial charge in [-0.2, -0.15) is 0 Å². The normalized spacial score (nSPS) is 10.0. The second-order valence-corrected chi connectivity index (χ2v) is 5.99. The molecule has 108 valence electrons. The molecular formula is C15H13IN2O2S. The van der Waals surface area contributed by atoms with Gasteiger partial charge in [0.2, 0.25) is 0 Å². The Hall–Kier alpha value is -1.67.